The van der Waals surface area contributed by atoms with Crippen molar-refractivity contribution in [3.63, 3.8) is 0 Å². The zero-order valence-corrected chi connectivity index (χ0v) is 14.9. The monoisotopic (exact) mass is 322 g/mol. The van der Waals surface area contributed by atoms with E-state index in [1.165, 1.54) is 11.3 Å². The van der Waals surface area contributed by atoms with Crippen LogP contribution < -0.4 is 11.1 Å². The van der Waals surface area contributed by atoms with E-state index in [0.717, 1.165) is 33.6 Å². The molecule has 0 bridgehead atoms. The summed E-state index contributed by atoms with van der Waals surface area (Å²) in [7, 11) is 1.93. The first-order chi connectivity index (χ1) is 10.4. The van der Waals surface area contributed by atoms with E-state index in [9.17, 15) is 4.79 Å². The molecule has 0 saturated carbocycles. The minimum atomic E-state index is -0.313. The number of carbonyl (C=O) groups excluding carboxylic acids is 1. The van der Waals surface area contributed by atoms with Gasteiger partial charge in [0.25, 0.3) is 5.91 Å². The lowest BCUT2D eigenvalue weighted by Gasteiger charge is -2.31. The Morgan fingerprint density at radius 1 is 1.45 bits per heavy atom. The molecule has 2 heterocycles. The summed E-state index contributed by atoms with van der Waals surface area (Å²) in [6.45, 7) is 8.81. The number of hydrogen-bond donors (Lipinski definition) is 2. The van der Waals surface area contributed by atoms with E-state index in [1.54, 1.807) is 0 Å². The van der Waals surface area contributed by atoms with Crippen molar-refractivity contribution in [3.05, 3.63) is 16.6 Å². The van der Waals surface area contributed by atoms with Crippen LogP contribution in [0.5, 0.6) is 0 Å². The summed E-state index contributed by atoms with van der Waals surface area (Å²) in [5.74, 6) is 0.300. The highest BCUT2D eigenvalue weighted by Gasteiger charge is 2.28. The lowest BCUT2D eigenvalue weighted by molar-refractivity contribution is 0.0899. The minimum Gasteiger partial charge on any atom is -0.345 e. The standard InChI is InChI=1S/C16H26N4OS/c1-6-16(7-2,9-17)18-14(21)12-8-11-13(10(3)4)19-20(5)15(11)22-12/h8,10H,6-7,9,17H2,1-5H3,(H,18,21). The number of nitrogens with two attached hydrogens (primary N) is 1. The first-order valence-electron chi connectivity index (χ1n) is 7.86. The van der Waals surface area contributed by atoms with Crippen LogP contribution in [-0.2, 0) is 7.05 Å². The largest absolute Gasteiger partial charge is 0.345 e. The van der Waals surface area contributed by atoms with Gasteiger partial charge in [-0.05, 0) is 24.8 Å². The number of amides is 1. The molecule has 0 unspecified atom stereocenters. The van der Waals surface area contributed by atoms with E-state index in [-0.39, 0.29) is 11.4 Å². The van der Waals surface area contributed by atoms with Crippen LogP contribution in [0.15, 0.2) is 6.07 Å². The Balaban J connectivity index is 2.35. The van der Waals surface area contributed by atoms with Gasteiger partial charge in [0.1, 0.15) is 4.83 Å². The van der Waals surface area contributed by atoms with Crippen LogP contribution >= 0.6 is 11.3 Å². The van der Waals surface area contributed by atoms with Gasteiger partial charge in [-0.3, -0.25) is 9.48 Å². The molecule has 5 nitrogen and oxygen atoms in total. The average Bonchev–Trinajstić information content (AvgIpc) is 3.06. The molecule has 6 heteroatoms. The number of aromatic nitrogens is 2. The van der Waals surface area contributed by atoms with Crippen LogP contribution in [0.4, 0.5) is 0 Å². The molecule has 0 aromatic carbocycles. The van der Waals surface area contributed by atoms with Gasteiger partial charge in [-0.15, -0.1) is 11.3 Å². The lowest BCUT2D eigenvalue weighted by Crippen LogP contribution is -2.52. The van der Waals surface area contributed by atoms with Crippen molar-refractivity contribution in [2.75, 3.05) is 6.54 Å². The summed E-state index contributed by atoms with van der Waals surface area (Å²) >= 11 is 1.49. The molecule has 2 rings (SSSR count). The third kappa shape index (κ3) is 2.90. The molecule has 0 aliphatic heterocycles. The number of fused-ring (bicyclic) bond motifs is 1. The highest BCUT2D eigenvalue weighted by atomic mass is 32.1. The molecule has 1 amide bonds. The van der Waals surface area contributed by atoms with Gasteiger partial charge in [-0.1, -0.05) is 27.7 Å². The molecule has 2 aromatic rings. The van der Waals surface area contributed by atoms with Crippen LogP contribution in [-0.4, -0.2) is 27.8 Å². The van der Waals surface area contributed by atoms with E-state index in [2.05, 4.69) is 38.1 Å². The highest BCUT2D eigenvalue weighted by molar-refractivity contribution is 7.20. The molecule has 122 valence electrons. The average molecular weight is 322 g/mol. The van der Waals surface area contributed by atoms with Gasteiger partial charge in [-0.2, -0.15) is 5.10 Å². The second-order valence-electron chi connectivity index (χ2n) is 6.14. The number of thiophene rings is 1. The fraction of sp³-hybridized carbons (Fsp3) is 0.625. The van der Waals surface area contributed by atoms with Crippen molar-refractivity contribution in [2.24, 2.45) is 12.8 Å². The molecule has 0 aliphatic rings. The Labute approximate surface area is 135 Å². The number of rotatable bonds is 6. The third-order valence-electron chi connectivity index (χ3n) is 4.43. The SMILES string of the molecule is CCC(CC)(CN)NC(=O)c1cc2c(C(C)C)nn(C)c2s1. The summed E-state index contributed by atoms with van der Waals surface area (Å²) < 4.78 is 1.86. The van der Waals surface area contributed by atoms with E-state index in [4.69, 9.17) is 5.73 Å². The van der Waals surface area contributed by atoms with Crippen molar-refractivity contribution in [1.82, 2.24) is 15.1 Å². The zero-order valence-electron chi connectivity index (χ0n) is 14.1. The van der Waals surface area contributed by atoms with Crippen molar-refractivity contribution >= 4 is 27.5 Å². The second kappa shape index (κ2) is 6.38. The molecule has 0 radical (unpaired) electrons. The van der Waals surface area contributed by atoms with Crippen molar-refractivity contribution in [1.29, 1.82) is 0 Å². The van der Waals surface area contributed by atoms with Crippen LogP contribution in [0.2, 0.25) is 0 Å². The Hall–Kier alpha value is -1.40. The summed E-state index contributed by atoms with van der Waals surface area (Å²) in [6.07, 6.45) is 1.66. The minimum absolute atomic E-state index is 0.0370. The number of nitrogens with zero attached hydrogens (tertiary/aromatic N) is 2. The summed E-state index contributed by atoms with van der Waals surface area (Å²) in [5.41, 5.74) is 6.60. The number of carbonyl (C=O) groups is 1. The van der Waals surface area contributed by atoms with E-state index < -0.39 is 0 Å². The van der Waals surface area contributed by atoms with Crippen molar-refractivity contribution in [2.45, 2.75) is 52.0 Å². The molecule has 0 spiro atoms. The quantitative estimate of drug-likeness (QED) is 0.858. The Morgan fingerprint density at radius 2 is 2.09 bits per heavy atom. The van der Waals surface area contributed by atoms with Crippen molar-refractivity contribution < 1.29 is 4.79 Å². The molecule has 2 aromatic heterocycles. The van der Waals surface area contributed by atoms with Gasteiger partial charge in [0.15, 0.2) is 0 Å². The molecule has 0 fully saturated rings. The van der Waals surface area contributed by atoms with Crippen LogP contribution in [0.3, 0.4) is 0 Å². The molecule has 22 heavy (non-hydrogen) atoms. The van der Waals surface area contributed by atoms with Gasteiger partial charge in [0.05, 0.1) is 16.1 Å². The highest BCUT2D eigenvalue weighted by Crippen LogP contribution is 2.31. The predicted octanol–water partition coefficient (Wildman–Crippen LogP) is 3.01. The number of nitrogens with one attached hydrogen (secondary N) is 1. The van der Waals surface area contributed by atoms with Crippen LogP contribution in [0.25, 0.3) is 10.2 Å². The molecule has 3 N–H and O–H groups in total. The van der Waals surface area contributed by atoms with Gasteiger partial charge in [-0.25, -0.2) is 0 Å². The molecular weight excluding hydrogens is 296 g/mol. The van der Waals surface area contributed by atoms with E-state index in [0.29, 0.717) is 12.5 Å². The second-order valence-corrected chi connectivity index (χ2v) is 7.17. The van der Waals surface area contributed by atoms with Gasteiger partial charge in [0, 0.05) is 19.0 Å². The maximum absolute atomic E-state index is 12.6. The Bertz CT molecular complexity index is 659. The topological polar surface area (TPSA) is 72.9 Å². The molecule has 0 atom stereocenters. The lowest BCUT2D eigenvalue weighted by atomic mass is 9.93. The Kier molecular flexibility index (Phi) is 4.92. The van der Waals surface area contributed by atoms with Crippen molar-refractivity contribution in [3.8, 4) is 0 Å². The zero-order chi connectivity index (χ0) is 16.5. The first kappa shape index (κ1) is 17.0. The van der Waals surface area contributed by atoms with E-state index in [1.807, 2.05) is 17.8 Å². The fourth-order valence-electron chi connectivity index (χ4n) is 2.67. The van der Waals surface area contributed by atoms with Crippen LogP contribution in [0.1, 0.15) is 61.8 Å². The predicted molar refractivity (Wildman–Crippen MR) is 92.5 cm³/mol. The molecule has 0 saturated heterocycles. The summed E-state index contributed by atoms with van der Waals surface area (Å²) in [5, 5.41) is 8.76. The summed E-state index contributed by atoms with van der Waals surface area (Å²) in [6, 6.07) is 1.96. The van der Waals surface area contributed by atoms with E-state index >= 15 is 0 Å². The Morgan fingerprint density at radius 3 is 2.59 bits per heavy atom. The van der Waals surface area contributed by atoms with Gasteiger partial charge in [0.2, 0.25) is 0 Å². The third-order valence-corrected chi connectivity index (χ3v) is 5.63. The molecular formula is C16H26N4OS. The number of hydrogen-bond acceptors (Lipinski definition) is 4. The van der Waals surface area contributed by atoms with Gasteiger partial charge < -0.3 is 11.1 Å². The number of aryl methyl sites for hydroxylation is 1. The van der Waals surface area contributed by atoms with Crippen LogP contribution in [0, 0.1) is 0 Å². The van der Waals surface area contributed by atoms with Gasteiger partial charge >= 0.3 is 0 Å². The first-order valence-corrected chi connectivity index (χ1v) is 8.68. The smallest absolute Gasteiger partial charge is 0.261 e. The molecule has 0 aliphatic carbocycles. The normalized spacial score (nSPS) is 12.3. The maximum Gasteiger partial charge on any atom is 0.261 e. The fourth-order valence-corrected chi connectivity index (χ4v) is 3.65. The maximum atomic E-state index is 12.6. The summed E-state index contributed by atoms with van der Waals surface area (Å²) in [4.78, 5) is 14.4.